The second kappa shape index (κ2) is 21.3. The molecule has 0 saturated heterocycles. The quantitative estimate of drug-likeness (QED) is 0.0549. The van der Waals surface area contributed by atoms with Gasteiger partial charge in [-0.05, 0) is 103 Å². The SMILES string of the molecule is SCCCCCCCCCCSCc1cc(OCCCN2c3ccccc3Sc3ccccc32)cc(OCCCN2c3ccccc3Sc3ccccc32)c1. The average Bonchev–Trinajstić information content (AvgIpc) is 3.22. The van der Waals surface area contributed by atoms with E-state index in [1.54, 1.807) is 0 Å². The number of benzene rings is 5. The molecule has 0 amide bonds. The highest BCUT2D eigenvalue weighted by molar-refractivity contribution is 8.00. The van der Waals surface area contributed by atoms with Gasteiger partial charge in [0.15, 0.2) is 0 Å². The van der Waals surface area contributed by atoms with Crippen LogP contribution >= 0.6 is 47.9 Å². The highest BCUT2D eigenvalue weighted by Crippen LogP contribution is 2.49. The Hall–Kier alpha value is -3.30. The van der Waals surface area contributed by atoms with E-state index in [-0.39, 0.29) is 0 Å². The van der Waals surface area contributed by atoms with E-state index in [0.29, 0.717) is 13.2 Å². The molecule has 0 unspecified atom stereocenters. The second-order valence-electron chi connectivity index (χ2n) is 14.2. The van der Waals surface area contributed by atoms with Gasteiger partial charge in [0.05, 0.1) is 36.0 Å². The molecule has 55 heavy (non-hydrogen) atoms. The van der Waals surface area contributed by atoms with Crippen LogP contribution in [-0.2, 0) is 5.75 Å². The fourth-order valence-corrected chi connectivity index (χ4v) is 10.7. The van der Waals surface area contributed by atoms with Crippen molar-refractivity contribution >= 4 is 70.7 Å². The first-order valence-corrected chi connectivity index (χ1v) is 23.5. The van der Waals surface area contributed by atoms with E-state index in [0.717, 1.165) is 48.9 Å². The molecule has 4 nitrogen and oxygen atoms in total. The molecule has 0 bridgehead atoms. The van der Waals surface area contributed by atoms with Crippen molar-refractivity contribution < 1.29 is 9.47 Å². The Morgan fingerprint density at radius 1 is 0.473 bits per heavy atom. The predicted octanol–water partition coefficient (Wildman–Crippen LogP) is 14.1. The number of hydrogen-bond acceptors (Lipinski definition) is 8. The lowest BCUT2D eigenvalue weighted by molar-refractivity contribution is 0.297. The van der Waals surface area contributed by atoms with Gasteiger partial charge in [0, 0.05) is 44.5 Å². The maximum atomic E-state index is 6.50. The zero-order chi connectivity index (χ0) is 37.5. The molecule has 0 fully saturated rings. The maximum absolute atomic E-state index is 6.50. The Bertz CT molecular complexity index is 1740. The van der Waals surface area contributed by atoms with E-state index in [4.69, 9.17) is 9.47 Å². The molecule has 0 N–H and O–H groups in total. The van der Waals surface area contributed by atoms with Gasteiger partial charge in [-0.15, -0.1) is 0 Å². The number of para-hydroxylation sites is 4. The molecule has 0 spiro atoms. The summed E-state index contributed by atoms with van der Waals surface area (Å²) in [5.41, 5.74) is 6.38. The number of nitrogens with zero attached hydrogens (tertiary/aromatic N) is 2. The van der Waals surface area contributed by atoms with E-state index in [1.807, 2.05) is 35.3 Å². The Morgan fingerprint density at radius 3 is 1.31 bits per heavy atom. The van der Waals surface area contributed by atoms with E-state index in [2.05, 4.69) is 138 Å². The lowest BCUT2D eigenvalue weighted by Crippen LogP contribution is -2.23. The Morgan fingerprint density at radius 2 is 0.873 bits per heavy atom. The van der Waals surface area contributed by atoms with E-state index in [9.17, 15) is 0 Å². The average molecular weight is 807 g/mol. The van der Waals surface area contributed by atoms with E-state index >= 15 is 0 Å². The van der Waals surface area contributed by atoms with Crippen LogP contribution in [0.1, 0.15) is 69.8 Å². The number of thiol groups is 1. The molecule has 0 aliphatic carbocycles. The summed E-state index contributed by atoms with van der Waals surface area (Å²) in [6.45, 7) is 3.07. The Balaban J connectivity index is 0.944. The minimum Gasteiger partial charge on any atom is -0.493 e. The standard InChI is InChI=1S/C47H54N2O2S4/c52-31-15-5-3-1-2-4-6-16-32-53-36-37-33-38(50-29-17-27-48-40-19-7-11-23-44(40)54-45-24-12-8-20-41(45)48)35-39(34-37)51-30-18-28-49-42-21-9-13-25-46(42)55-47-26-14-10-22-43(47)49/h7-14,19-26,33-35,52H,1-6,15-18,27-32,36H2. The molecule has 7 rings (SSSR count). The van der Waals surface area contributed by atoms with Crippen LogP contribution in [0.2, 0.25) is 0 Å². The normalized spacial score (nSPS) is 12.8. The van der Waals surface area contributed by atoms with E-state index in [1.165, 1.54) is 105 Å². The Labute approximate surface area is 347 Å². The minimum absolute atomic E-state index is 0.643. The van der Waals surface area contributed by atoms with Gasteiger partial charge in [-0.25, -0.2) is 0 Å². The second-order valence-corrected chi connectivity index (χ2v) is 17.9. The molecule has 0 radical (unpaired) electrons. The van der Waals surface area contributed by atoms with Crippen LogP contribution in [0.25, 0.3) is 0 Å². The third kappa shape index (κ3) is 11.2. The molecular weight excluding hydrogens is 753 g/mol. The van der Waals surface area contributed by atoms with E-state index < -0.39 is 0 Å². The molecule has 2 aliphatic heterocycles. The third-order valence-corrected chi connectivity index (χ3v) is 13.8. The zero-order valence-corrected chi connectivity index (χ0v) is 35.2. The zero-order valence-electron chi connectivity index (χ0n) is 31.9. The first kappa shape index (κ1) is 39.9. The van der Waals surface area contributed by atoms with Crippen LogP contribution in [0.3, 0.4) is 0 Å². The van der Waals surface area contributed by atoms with Crippen molar-refractivity contribution in [3.8, 4) is 11.5 Å². The highest BCUT2D eigenvalue weighted by atomic mass is 32.2. The number of anilines is 4. The van der Waals surface area contributed by atoms with Crippen LogP contribution in [0, 0.1) is 0 Å². The highest BCUT2D eigenvalue weighted by Gasteiger charge is 2.23. The summed E-state index contributed by atoms with van der Waals surface area (Å²) in [4.78, 5) is 10.1. The summed E-state index contributed by atoms with van der Waals surface area (Å²) in [6, 6.07) is 41.5. The number of unbranched alkanes of at least 4 members (excludes halogenated alkanes) is 7. The van der Waals surface area contributed by atoms with Crippen molar-refractivity contribution in [3.63, 3.8) is 0 Å². The molecule has 2 aliphatic rings. The molecule has 0 aromatic heterocycles. The third-order valence-electron chi connectivity index (χ3n) is 10.1. The van der Waals surface area contributed by atoms with Crippen molar-refractivity contribution in [2.75, 3.05) is 47.6 Å². The van der Waals surface area contributed by atoms with Crippen molar-refractivity contribution in [1.29, 1.82) is 0 Å². The van der Waals surface area contributed by atoms with Gasteiger partial charge < -0.3 is 19.3 Å². The van der Waals surface area contributed by atoms with Gasteiger partial charge >= 0.3 is 0 Å². The Kier molecular flexibility index (Phi) is 15.4. The number of hydrogen-bond donors (Lipinski definition) is 1. The summed E-state index contributed by atoms with van der Waals surface area (Å²) < 4.78 is 13.0. The summed E-state index contributed by atoms with van der Waals surface area (Å²) in [5.74, 6) is 4.98. The summed E-state index contributed by atoms with van der Waals surface area (Å²) >= 11 is 10.1. The number of rotatable bonds is 22. The largest absolute Gasteiger partial charge is 0.493 e. The van der Waals surface area contributed by atoms with Crippen LogP contribution in [-0.4, -0.2) is 37.8 Å². The monoisotopic (exact) mass is 806 g/mol. The van der Waals surface area contributed by atoms with Gasteiger partial charge in [0.1, 0.15) is 11.5 Å². The van der Waals surface area contributed by atoms with Gasteiger partial charge in [0.25, 0.3) is 0 Å². The molecule has 5 aromatic carbocycles. The molecular formula is C47H54N2O2S4. The summed E-state index contributed by atoms with van der Waals surface area (Å²) in [6.07, 6.45) is 12.5. The molecule has 0 saturated carbocycles. The lowest BCUT2D eigenvalue weighted by Gasteiger charge is -2.32. The lowest BCUT2D eigenvalue weighted by atomic mass is 10.1. The molecule has 2 heterocycles. The van der Waals surface area contributed by atoms with Crippen LogP contribution < -0.4 is 19.3 Å². The van der Waals surface area contributed by atoms with Crippen molar-refractivity contribution in [2.45, 2.75) is 89.5 Å². The molecule has 5 aromatic rings. The van der Waals surface area contributed by atoms with Crippen LogP contribution in [0.15, 0.2) is 135 Å². The molecule has 288 valence electrons. The minimum atomic E-state index is 0.643. The van der Waals surface area contributed by atoms with Crippen molar-refractivity contribution in [3.05, 3.63) is 121 Å². The smallest absolute Gasteiger partial charge is 0.123 e. The first-order chi connectivity index (χ1) is 27.3. The topological polar surface area (TPSA) is 24.9 Å². The summed E-state index contributed by atoms with van der Waals surface area (Å²) in [5, 5.41) is 0. The fourth-order valence-electron chi connectivity index (χ4n) is 7.32. The van der Waals surface area contributed by atoms with Crippen LogP contribution in [0.4, 0.5) is 22.7 Å². The number of thioether (sulfide) groups is 1. The van der Waals surface area contributed by atoms with Gasteiger partial charge in [-0.1, -0.05) is 111 Å². The van der Waals surface area contributed by atoms with Gasteiger partial charge in [-0.2, -0.15) is 24.4 Å². The summed E-state index contributed by atoms with van der Waals surface area (Å²) in [7, 11) is 0. The van der Waals surface area contributed by atoms with Gasteiger partial charge in [0.2, 0.25) is 0 Å². The predicted molar refractivity (Wildman–Crippen MR) is 242 cm³/mol. The van der Waals surface area contributed by atoms with Crippen molar-refractivity contribution in [2.24, 2.45) is 0 Å². The maximum Gasteiger partial charge on any atom is 0.123 e. The molecule has 8 heteroatoms. The molecule has 0 atom stereocenters. The van der Waals surface area contributed by atoms with Crippen LogP contribution in [0.5, 0.6) is 11.5 Å². The number of ether oxygens (including phenoxy) is 2. The number of fused-ring (bicyclic) bond motifs is 4. The van der Waals surface area contributed by atoms with Gasteiger partial charge in [-0.3, -0.25) is 0 Å². The van der Waals surface area contributed by atoms with Crippen molar-refractivity contribution in [1.82, 2.24) is 0 Å². The fraction of sp³-hybridized carbons (Fsp3) is 0.362. The first-order valence-electron chi connectivity index (χ1n) is 20.1.